The number of hydrogen-bond donors (Lipinski definition) is 1. The van der Waals surface area contributed by atoms with Crippen molar-refractivity contribution in [1.82, 2.24) is 9.47 Å². The molecule has 0 saturated carbocycles. The maximum Gasteiger partial charge on any atom is 0.221 e. The Morgan fingerprint density at radius 2 is 1.47 bits per heavy atom. The first-order valence-corrected chi connectivity index (χ1v) is 10.7. The average molecular weight is 429 g/mol. The van der Waals surface area contributed by atoms with E-state index in [2.05, 4.69) is 20.0 Å². The van der Waals surface area contributed by atoms with Gasteiger partial charge in [0.2, 0.25) is 5.88 Å². The van der Waals surface area contributed by atoms with Crippen LogP contribution in [0.1, 0.15) is 0 Å². The van der Waals surface area contributed by atoms with Crippen molar-refractivity contribution >= 4 is 28.0 Å². The number of fused-ring (bicyclic) bond motifs is 1. The van der Waals surface area contributed by atoms with Crippen LogP contribution in [0, 0.1) is 5.82 Å². The first-order valence-electron chi connectivity index (χ1n) is 10.7. The monoisotopic (exact) mass is 429 g/mol. The zero-order valence-electron chi connectivity index (χ0n) is 17.6. The number of benzene rings is 3. The molecule has 0 radical (unpaired) electrons. The lowest BCUT2D eigenvalue weighted by Gasteiger charge is -2.36. The summed E-state index contributed by atoms with van der Waals surface area (Å²) in [4.78, 5) is 4.32. The summed E-state index contributed by atoms with van der Waals surface area (Å²) < 4.78 is 16.0. The van der Waals surface area contributed by atoms with Crippen LogP contribution in [0.25, 0.3) is 10.9 Å². The van der Waals surface area contributed by atoms with Gasteiger partial charge in [-0.1, -0.05) is 48.5 Å². The maximum atomic E-state index is 14.1. The van der Waals surface area contributed by atoms with E-state index in [1.807, 2.05) is 71.3 Å². The lowest BCUT2D eigenvalue weighted by Crippen LogP contribution is -2.47. The number of azo groups is 1. The van der Waals surface area contributed by atoms with Gasteiger partial charge in [0.25, 0.3) is 0 Å². The number of para-hydroxylation sites is 2. The number of halogens is 1. The van der Waals surface area contributed by atoms with Gasteiger partial charge in [0.05, 0.1) is 23.6 Å². The van der Waals surface area contributed by atoms with Gasteiger partial charge in [-0.05, 0) is 30.3 Å². The van der Waals surface area contributed by atoms with Gasteiger partial charge in [-0.3, -0.25) is 9.47 Å². The molecule has 5 rings (SSSR count). The van der Waals surface area contributed by atoms with E-state index in [4.69, 9.17) is 0 Å². The fourth-order valence-corrected chi connectivity index (χ4v) is 4.15. The zero-order valence-corrected chi connectivity index (χ0v) is 17.6. The minimum atomic E-state index is -0.191. The van der Waals surface area contributed by atoms with Crippen molar-refractivity contribution in [1.29, 1.82) is 0 Å². The summed E-state index contributed by atoms with van der Waals surface area (Å²) in [5, 5.41) is 20.5. The van der Waals surface area contributed by atoms with Crippen LogP contribution in [0.4, 0.5) is 21.5 Å². The van der Waals surface area contributed by atoms with Gasteiger partial charge >= 0.3 is 0 Å². The van der Waals surface area contributed by atoms with Crippen LogP contribution in [0.5, 0.6) is 5.88 Å². The van der Waals surface area contributed by atoms with Crippen LogP contribution in [0.3, 0.4) is 0 Å². The van der Waals surface area contributed by atoms with Gasteiger partial charge in [0.15, 0.2) is 5.69 Å². The molecule has 1 aliphatic heterocycles. The third kappa shape index (κ3) is 3.94. The first-order chi connectivity index (χ1) is 15.7. The summed E-state index contributed by atoms with van der Waals surface area (Å²) in [6.45, 7) is 3.50. The molecule has 32 heavy (non-hydrogen) atoms. The highest BCUT2D eigenvalue weighted by Gasteiger charge is 2.22. The summed E-state index contributed by atoms with van der Waals surface area (Å²) in [6, 6.07) is 24.2. The van der Waals surface area contributed by atoms with E-state index in [0.717, 1.165) is 42.8 Å². The molecule has 2 heterocycles. The summed E-state index contributed by atoms with van der Waals surface area (Å²) in [5.74, 6) is -0.0918. The Hall–Kier alpha value is -3.71. The third-order valence-corrected chi connectivity index (χ3v) is 5.85. The molecule has 1 saturated heterocycles. The number of hydrogen-bond acceptors (Lipinski definition) is 5. The largest absolute Gasteiger partial charge is 0.493 e. The van der Waals surface area contributed by atoms with Crippen molar-refractivity contribution in [3.63, 3.8) is 0 Å². The van der Waals surface area contributed by atoms with E-state index in [-0.39, 0.29) is 11.7 Å². The van der Waals surface area contributed by atoms with Crippen LogP contribution < -0.4 is 4.90 Å². The van der Waals surface area contributed by atoms with Crippen molar-refractivity contribution in [3.8, 4) is 5.88 Å². The van der Waals surface area contributed by atoms with Gasteiger partial charge in [-0.2, -0.15) is 5.11 Å². The van der Waals surface area contributed by atoms with E-state index in [9.17, 15) is 9.50 Å². The molecule has 162 valence electrons. The van der Waals surface area contributed by atoms with Gasteiger partial charge < -0.3 is 10.0 Å². The first kappa shape index (κ1) is 20.2. The van der Waals surface area contributed by atoms with Crippen LogP contribution in [0.2, 0.25) is 0 Å². The second-order valence-corrected chi connectivity index (χ2v) is 7.85. The fraction of sp³-hybridized carbons (Fsp3) is 0.200. The molecule has 1 aliphatic rings. The topological polar surface area (TPSA) is 56.4 Å². The second-order valence-electron chi connectivity index (χ2n) is 7.85. The second kappa shape index (κ2) is 8.80. The number of piperazine rings is 1. The Morgan fingerprint density at radius 3 is 2.25 bits per heavy atom. The molecule has 0 spiro atoms. The molecule has 0 amide bonds. The number of rotatable bonds is 5. The molecule has 0 atom stereocenters. The molecule has 0 bridgehead atoms. The molecule has 7 heteroatoms. The predicted octanol–water partition coefficient (Wildman–Crippen LogP) is 5.68. The lowest BCUT2D eigenvalue weighted by molar-refractivity contribution is 0.200. The smallest absolute Gasteiger partial charge is 0.221 e. The van der Waals surface area contributed by atoms with Crippen molar-refractivity contribution in [3.05, 3.63) is 84.7 Å². The number of nitrogens with zero attached hydrogens (tertiary/aromatic N) is 5. The normalized spacial score (nSPS) is 15.1. The van der Waals surface area contributed by atoms with E-state index in [0.29, 0.717) is 18.0 Å². The molecule has 4 aromatic rings. The zero-order chi connectivity index (χ0) is 21.9. The summed E-state index contributed by atoms with van der Waals surface area (Å²) in [5.41, 5.74) is 2.75. The molecule has 1 aromatic heterocycles. The van der Waals surface area contributed by atoms with Crippen LogP contribution >= 0.6 is 0 Å². The van der Waals surface area contributed by atoms with E-state index < -0.39 is 0 Å². The van der Waals surface area contributed by atoms with E-state index in [1.165, 1.54) is 6.07 Å². The Morgan fingerprint density at radius 1 is 0.781 bits per heavy atom. The Bertz CT molecular complexity index is 1250. The van der Waals surface area contributed by atoms with Crippen molar-refractivity contribution in [2.75, 3.05) is 31.1 Å². The predicted molar refractivity (Wildman–Crippen MR) is 124 cm³/mol. The average Bonchev–Trinajstić information content (AvgIpc) is 3.10. The van der Waals surface area contributed by atoms with Gasteiger partial charge in [-0.25, -0.2) is 4.39 Å². The third-order valence-electron chi connectivity index (χ3n) is 5.85. The van der Waals surface area contributed by atoms with Gasteiger partial charge in [0.1, 0.15) is 5.82 Å². The molecular formula is C25H24FN5O. The molecule has 1 N–H and O–H groups in total. The standard InChI is InChI=1S/C25H24FN5O/c26-21-11-5-7-13-23(21)30-16-14-29(15-17-30)18-31-22-12-6-4-10-20(22)24(25(31)32)28-27-19-8-2-1-3-9-19/h1-13,32H,14-18H2. The van der Waals surface area contributed by atoms with E-state index >= 15 is 0 Å². The Kier molecular flexibility index (Phi) is 5.56. The Balaban J connectivity index is 1.37. The maximum absolute atomic E-state index is 14.1. The molecule has 0 unspecified atom stereocenters. The highest BCUT2D eigenvalue weighted by atomic mass is 19.1. The molecule has 1 fully saturated rings. The molecule has 0 aliphatic carbocycles. The van der Waals surface area contributed by atoms with Gasteiger partial charge in [0, 0.05) is 31.6 Å². The number of aromatic nitrogens is 1. The van der Waals surface area contributed by atoms with Crippen LogP contribution in [-0.2, 0) is 6.67 Å². The highest BCUT2D eigenvalue weighted by molar-refractivity contribution is 5.95. The molecule has 3 aromatic carbocycles. The fourth-order valence-electron chi connectivity index (χ4n) is 4.15. The molecular weight excluding hydrogens is 405 g/mol. The highest BCUT2D eigenvalue weighted by Crippen LogP contribution is 2.39. The van der Waals surface area contributed by atoms with Crippen LogP contribution in [0.15, 0.2) is 89.1 Å². The summed E-state index contributed by atoms with van der Waals surface area (Å²) in [6.07, 6.45) is 0. The van der Waals surface area contributed by atoms with Crippen molar-refractivity contribution < 1.29 is 9.50 Å². The quantitative estimate of drug-likeness (QED) is 0.415. The number of anilines is 1. The Labute approximate surface area is 185 Å². The van der Waals surface area contributed by atoms with Crippen molar-refractivity contribution in [2.45, 2.75) is 6.67 Å². The lowest BCUT2D eigenvalue weighted by atomic mass is 10.2. The van der Waals surface area contributed by atoms with E-state index in [1.54, 1.807) is 6.07 Å². The SMILES string of the molecule is Oc1c(N=Nc2ccccc2)c2ccccc2n1CN1CCN(c2ccccc2F)CC1. The van der Waals surface area contributed by atoms with Crippen LogP contribution in [-0.4, -0.2) is 40.8 Å². The van der Waals surface area contributed by atoms with Crippen molar-refractivity contribution in [2.24, 2.45) is 10.2 Å². The minimum absolute atomic E-state index is 0.0995. The number of aromatic hydroxyl groups is 1. The summed E-state index contributed by atoms with van der Waals surface area (Å²) in [7, 11) is 0. The molecule has 6 nitrogen and oxygen atoms in total. The minimum Gasteiger partial charge on any atom is -0.493 e. The van der Waals surface area contributed by atoms with Gasteiger partial charge in [-0.15, -0.1) is 5.11 Å². The summed E-state index contributed by atoms with van der Waals surface area (Å²) >= 11 is 0.